The largest absolute Gasteiger partial charge is 0.344 e. The van der Waals surface area contributed by atoms with E-state index in [1.165, 1.54) is 11.1 Å². The van der Waals surface area contributed by atoms with Gasteiger partial charge in [0.15, 0.2) is 0 Å². The van der Waals surface area contributed by atoms with E-state index >= 15 is 0 Å². The lowest BCUT2D eigenvalue weighted by Crippen LogP contribution is -2.17. The van der Waals surface area contributed by atoms with Gasteiger partial charge in [-0.1, -0.05) is 17.7 Å². The molecule has 0 spiro atoms. The molecule has 2 nitrogen and oxygen atoms in total. The van der Waals surface area contributed by atoms with Gasteiger partial charge in [-0.15, -0.1) is 0 Å². The fourth-order valence-corrected chi connectivity index (χ4v) is 2.65. The summed E-state index contributed by atoms with van der Waals surface area (Å²) < 4.78 is 13.8. The Hall–Kier alpha value is -1.87. The van der Waals surface area contributed by atoms with E-state index in [2.05, 4.69) is 36.9 Å². The van der Waals surface area contributed by atoms with Gasteiger partial charge >= 0.3 is 0 Å². The Morgan fingerprint density at radius 3 is 2.24 bits per heavy atom. The molecule has 2 N–H and O–H groups in total. The molecule has 0 unspecified atom stereocenters. The molecule has 0 saturated carbocycles. The van der Waals surface area contributed by atoms with Crippen molar-refractivity contribution in [2.75, 3.05) is 11.9 Å². The van der Waals surface area contributed by atoms with Gasteiger partial charge in [-0.25, -0.2) is 4.39 Å². The van der Waals surface area contributed by atoms with Crippen molar-refractivity contribution in [1.29, 1.82) is 0 Å². The van der Waals surface area contributed by atoms with Gasteiger partial charge in [0.1, 0.15) is 5.82 Å². The summed E-state index contributed by atoms with van der Waals surface area (Å²) in [5, 5.41) is 0. The Morgan fingerprint density at radius 2 is 1.67 bits per heavy atom. The van der Waals surface area contributed by atoms with Gasteiger partial charge in [-0.3, -0.25) is 0 Å². The monoisotopic (exact) mass is 286 g/mol. The molecule has 0 aliphatic heterocycles. The molecule has 2 rings (SSSR count). The van der Waals surface area contributed by atoms with Gasteiger partial charge in [0.2, 0.25) is 0 Å². The van der Waals surface area contributed by atoms with Crippen molar-refractivity contribution in [3.8, 4) is 0 Å². The van der Waals surface area contributed by atoms with Crippen LogP contribution in [-0.2, 0) is 0 Å². The van der Waals surface area contributed by atoms with Crippen molar-refractivity contribution in [2.45, 2.75) is 33.7 Å². The number of hydrogen-bond donors (Lipinski definition) is 1. The van der Waals surface area contributed by atoms with Crippen LogP contribution >= 0.6 is 0 Å². The lowest BCUT2D eigenvalue weighted by atomic mass is 10.0. The third-order valence-corrected chi connectivity index (χ3v) is 3.87. The van der Waals surface area contributed by atoms with Gasteiger partial charge in [-0.05, 0) is 62.6 Å². The van der Waals surface area contributed by atoms with Crippen molar-refractivity contribution in [2.24, 2.45) is 5.73 Å². The van der Waals surface area contributed by atoms with Gasteiger partial charge in [0.05, 0.1) is 0 Å². The normalized spacial score (nSPS) is 12.3. The molecule has 0 heterocycles. The van der Waals surface area contributed by atoms with Crippen LogP contribution in [0.2, 0.25) is 0 Å². The molecular weight excluding hydrogens is 263 g/mol. The molecule has 0 aromatic heterocycles. The van der Waals surface area contributed by atoms with Crippen molar-refractivity contribution in [3.63, 3.8) is 0 Å². The quantitative estimate of drug-likeness (QED) is 0.897. The molecule has 2 aromatic rings. The first-order valence-electron chi connectivity index (χ1n) is 7.18. The number of halogens is 1. The van der Waals surface area contributed by atoms with Crippen molar-refractivity contribution in [1.82, 2.24) is 0 Å². The van der Waals surface area contributed by atoms with E-state index in [0.717, 1.165) is 16.9 Å². The number of hydrogen-bond acceptors (Lipinski definition) is 2. The highest BCUT2D eigenvalue weighted by molar-refractivity contribution is 5.69. The molecular formula is C18H23FN2. The number of aryl methyl sites for hydroxylation is 3. The SMILES string of the molecule is Cc1ccc(N(C)c2cc(C)c(F)cc2[C@H](C)N)c(C)c1. The highest BCUT2D eigenvalue weighted by atomic mass is 19.1. The molecule has 0 saturated heterocycles. The summed E-state index contributed by atoms with van der Waals surface area (Å²) in [5.41, 5.74) is 11.9. The van der Waals surface area contributed by atoms with Gasteiger partial charge in [0.25, 0.3) is 0 Å². The van der Waals surface area contributed by atoms with E-state index in [1.807, 2.05) is 20.0 Å². The standard InChI is InChI=1S/C18H23FN2/c1-11-6-7-17(13(3)8-11)21(5)18-9-12(2)16(19)10-15(18)14(4)20/h6-10,14H,20H2,1-5H3/t14-/m0/s1. The molecule has 0 aliphatic rings. The van der Waals surface area contributed by atoms with Crippen LogP contribution in [0.5, 0.6) is 0 Å². The summed E-state index contributed by atoms with van der Waals surface area (Å²) in [5.74, 6) is -0.208. The van der Waals surface area contributed by atoms with Crippen molar-refractivity contribution in [3.05, 3.63) is 58.4 Å². The van der Waals surface area contributed by atoms with Crippen LogP contribution in [0.4, 0.5) is 15.8 Å². The maximum absolute atomic E-state index is 13.8. The zero-order valence-corrected chi connectivity index (χ0v) is 13.4. The minimum atomic E-state index is -0.219. The number of anilines is 2. The van der Waals surface area contributed by atoms with Crippen LogP contribution in [0.3, 0.4) is 0 Å². The third-order valence-electron chi connectivity index (χ3n) is 3.87. The van der Waals surface area contributed by atoms with Crippen molar-refractivity contribution < 1.29 is 4.39 Å². The number of nitrogens with zero attached hydrogens (tertiary/aromatic N) is 1. The zero-order valence-electron chi connectivity index (χ0n) is 13.4. The minimum Gasteiger partial charge on any atom is -0.344 e. The van der Waals surface area contributed by atoms with Gasteiger partial charge in [0, 0.05) is 24.5 Å². The van der Waals surface area contributed by atoms with Crippen LogP contribution < -0.4 is 10.6 Å². The topological polar surface area (TPSA) is 29.3 Å². The maximum atomic E-state index is 13.8. The minimum absolute atomic E-state index is 0.208. The highest BCUT2D eigenvalue weighted by Gasteiger charge is 2.16. The lowest BCUT2D eigenvalue weighted by Gasteiger charge is -2.26. The van der Waals surface area contributed by atoms with Crippen LogP contribution in [0.1, 0.15) is 35.2 Å². The fraction of sp³-hybridized carbons (Fsp3) is 0.333. The average molecular weight is 286 g/mol. The fourth-order valence-electron chi connectivity index (χ4n) is 2.65. The zero-order chi connectivity index (χ0) is 15.7. The molecule has 0 bridgehead atoms. The summed E-state index contributed by atoms with van der Waals surface area (Å²) in [6.45, 7) is 7.82. The molecule has 0 amide bonds. The Balaban J connectivity index is 2.57. The summed E-state index contributed by atoms with van der Waals surface area (Å²) in [6.07, 6.45) is 0. The average Bonchev–Trinajstić information content (AvgIpc) is 2.40. The first kappa shape index (κ1) is 15.5. The predicted molar refractivity (Wildman–Crippen MR) is 87.7 cm³/mol. The second kappa shape index (κ2) is 5.86. The van der Waals surface area contributed by atoms with Crippen LogP contribution in [0.25, 0.3) is 0 Å². The molecule has 1 atom stereocenters. The number of rotatable bonds is 3. The van der Waals surface area contributed by atoms with E-state index in [9.17, 15) is 4.39 Å². The summed E-state index contributed by atoms with van der Waals surface area (Å²) >= 11 is 0. The molecule has 0 aliphatic carbocycles. The summed E-state index contributed by atoms with van der Waals surface area (Å²) in [7, 11) is 2.00. The summed E-state index contributed by atoms with van der Waals surface area (Å²) in [6, 6.07) is 9.52. The number of nitrogens with two attached hydrogens (primary N) is 1. The van der Waals surface area contributed by atoms with E-state index < -0.39 is 0 Å². The van der Waals surface area contributed by atoms with E-state index in [4.69, 9.17) is 5.73 Å². The van der Waals surface area contributed by atoms with Gasteiger partial charge in [-0.2, -0.15) is 0 Å². The molecule has 0 fully saturated rings. The summed E-state index contributed by atoms with van der Waals surface area (Å²) in [4.78, 5) is 2.08. The molecule has 3 heteroatoms. The molecule has 21 heavy (non-hydrogen) atoms. The Kier molecular flexibility index (Phi) is 4.33. The first-order chi connectivity index (χ1) is 9.81. The second-order valence-corrected chi connectivity index (χ2v) is 5.80. The predicted octanol–water partition coefficient (Wildman–Crippen LogP) is 4.54. The Bertz CT molecular complexity index is 663. The highest BCUT2D eigenvalue weighted by Crippen LogP contribution is 2.34. The van der Waals surface area contributed by atoms with Crippen LogP contribution in [-0.4, -0.2) is 7.05 Å². The van der Waals surface area contributed by atoms with Gasteiger partial charge < -0.3 is 10.6 Å². The molecule has 2 aromatic carbocycles. The second-order valence-electron chi connectivity index (χ2n) is 5.80. The van der Waals surface area contributed by atoms with Crippen LogP contribution in [0, 0.1) is 26.6 Å². The lowest BCUT2D eigenvalue weighted by molar-refractivity contribution is 0.613. The Morgan fingerprint density at radius 1 is 1.00 bits per heavy atom. The van der Waals surface area contributed by atoms with E-state index in [-0.39, 0.29) is 11.9 Å². The molecule has 0 radical (unpaired) electrons. The maximum Gasteiger partial charge on any atom is 0.126 e. The van der Waals surface area contributed by atoms with E-state index in [1.54, 1.807) is 13.0 Å². The third kappa shape index (κ3) is 3.08. The van der Waals surface area contributed by atoms with Crippen molar-refractivity contribution >= 4 is 11.4 Å². The van der Waals surface area contributed by atoms with E-state index in [0.29, 0.717) is 5.56 Å². The number of benzene rings is 2. The Labute approximate surface area is 126 Å². The van der Waals surface area contributed by atoms with Crippen LogP contribution in [0.15, 0.2) is 30.3 Å². The molecule has 112 valence electrons. The smallest absolute Gasteiger partial charge is 0.126 e. The first-order valence-corrected chi connectivity index (χ1v) is 7.18.